The maximum atomic E-state index is 13.2. The average molecular weight is 492 g/mol. The molecule has 10 nitrogen and oxygen atoms in total. The Morgan fingerprint density at radius 2 is 1.89 bits per heavy atom. The standard InChI is InChI=1S/C25H33NO9/c1-12(2)22(31)17(34-16(28)14-7-6-10-26-14)23(32)18(4)11-21(30)19(22,5)25(23,33)24(35-21)15(27)13(3)8-9-20(18,24)29/h6-7,10,12,15,17,26-27,29-33H,3,8-9,11H2,1-2,4-5H3/t15-,17-,18+,19-,20+,21?,22-,23-,24-,25-/m1/s1. The van der Waals surface area contributed by atoms with E-state index in [2.05, 4.69) is 11.6 Å². The Kier molecular flexibility index (Phi) is 3.95. The number of ether oxygens (including phenoxy) is 2. The maximum absolute atomic E-state index is 13.2. The molecule has 0 aromatic carbocycles. The van der Waals surface area contributed by atoms with Crippen molar-refractivity contribution in [2.24, 2.45) is 16.7 Å². The van der Waals surface area contributed by atoms with Crippen LogP contribution in [0.25, 0.3) is 0 Å². The predicted octanol–water partition coefficient (Wildman–Crippen LogP) is -0.268. The van der Waals surface area contributed by atoms with Gasteiger partial charge in [0, 0.05) is 18.0 Å². The molecule has 10 heteroatoms. The molecule has 1 spiro atoms. The predicted molar refractivity (Wildman–Crippen MR) is 119 cm³/mol. The molecule has 2 saturated heterocycles. The van der Waals surface area contributed by atoms with Crippen LogP contribution in [0.4, 0.5) is 0 Å². The van der Waals surface area contributed by atoms with Crippen LogP contribution in [-0.4, -0.2) is 87.6 Å². The number of hydrogen-bond donors (Lipinski definition) is 7. The lowest BCUT2D eigenvalue weighted by atomic mass is 9.52. The van der Waals surface area contributed by atoms with Crippen molar-refractivity contribution in [3.05, 3.63) is 36.2 Å². The van der Waals surface area contributed by atoms with Crippen molar-refractivity contribution in [1.29, 1.82) is 0 Å². The molecule has 1 aromatic rings. The zero-order valence-corrected chi connectivity index (χ0v) is 20.2. The highest BCUT2D eigenvalue weighted by Crippen LogP contribution is 2.90. The summed E-state index contributed by atoms with van der Waals surface area (Å²) in [4.78, 5) is 15.9. The molecule has 10 atom stereocenters. The Bertz CT molecular complexity index is 1170. The number of hydrogen-bond acceptors (Lipinski definition) is 9. The molecule has 6 bridgehead atoms. The maximum Gasteiger partial charge on any atom is 0.355 e. The lowest BCUT2D eigenvalue weighted by Crippen LogP contribution is -2.74. The minimum absolute atomic E-state index is 0.0342. The van der Waals surface area contributed by atoms with Crippen molar-refractivity contribution in [3.8, 4) is 0 Å². The van der Waals surface area contributed by atoms with E-state index in [-0.39, 0.29) is 30.5 Å². The van der Waals surface area contributed by atoms with Gasteiger partial charge in [0.15, 0.2) is 17.5 Å². The van der Waals surface area contributed by atoms with Gasteiger partial charge in [-0.3, -0.25) is 0 Å². The summed E-state index contributed by atoms with van der Waals surface area (Å²) >= 11 is 0. The normalized spacial score (nSPS) is 57.7. The summed E-state index contributed by atoms with van der Waals surface area (Å²) < 4.78 is 12.0. The van der Waals surface area contributed by atoms with Gasteiger partial charge in [-0.05, 0) is 43.4 Å². The third kappa shape index (κ3) is 1.71. The number of rotatable bonds is 3. The fraction of sp³-hybridized carbons (Fsp3) is 0.720. The highest BCUT2D eigenvalue weighted by Gasteiger charge is 3.10. The summed E-state index contributed by atoms with van der Waals surface area (Å²) in [7, 11) is 0. The summed E-state index contributed by atoms with van der Waals surface area (Å²) in [5, 5.41) is 73.7. The van der Waals surface area contributed by atoms with Crippen molar-refractivity contribution in [1.82, 2.24) is 4.98 Å². The van der Waals surface area contributed by atoms with E-state index in [9.17, 15) is 35.4 Å². The summed E-state index contributed by atoms with van der Waals surface area (Å²) in [5.74, 6) is -3.97. The number of carbonyl (C=O) groups is 1. The number of carbonyl (C=O) groups excluding carboxylic acids is 1. The van der Waals surface area contributed by atoms with Crippen LogP contribution in [0.2, 0.25) is 0 Å². The van der Waals surface area contributed by atoms with E-state index in [1.165, 1.54) is 26.1 Å². The summed E-state index contributed by atoms with van der Waals surface area (Å²) in [6, 6.07) is 3.04. The van der Waals surface area contributed by atoms with E-state index < -0.39 is 68.7 Å². The van der Waals surface area contributed by atoms with Crippen molar-refractivity contribution in [3.63, 3.8) is 0 Å². The molecule has 7 N–H and O–H groups in total. The van der Waals surface area contributed by atoms with Gasteiger partial charge >= 0.3 is 5.97 Å². The monoisotopic (exact) mass is 491 g/mol. The molecule has 7 rings (SSSR count). The Morgan fingerprint density at radius 1 is 1.23 bits per heavy atom. The highest BCUT2D eigenvalue weighted by molar-refractivity contribution is 5.87. The summed E-state index contributed by atoms with van der Waals surface area (Å²) in [6.45, 7) is 9.96. The third-order valence-electron chi connectivity index (χ3n) is 11.0. The van der Waals surface area contributed by atoms with Gasteiger partial charge in [-0.15, -0.1) is 0 Å². The fourth-order valence-electron chi connectivity index (χ4n) is 9.29. The topological polar surface area (TPSA) is 173 Å². The first-order chi connectivity index (χ1) is 16.0. The quantitative estimate of drug-likeness (QED) is 0.222. The van der Waals surface area contributed by atoms with Crippen LogP contribution in [0.15, 0.2) is 30.5 Å². The summed E-state index contributed by atoms with van der Waals surface area (Å²) in [5.41, 5.74) is -15.4. The van der Waals surface area contributed by atoms with Crippen LogP contribution in [-0.2, 0) is 9.47 Å². The molecule has 1 aromatic heterocycles. The van der Waals surface area contributed by atoms with Gasteiger partial charge in [-0.1, -0.05) is 27.4 Å². The number of esters is 1. The number of aliphatic hydroxyl groups is 6. The van der Waals surface area contributed by atoms with Crippen LogP contribution < -0.4 is 0 Å². The van der Waals surface area contributed by atoms with Crippen molar-refractivity contribution in [2.45, 2.75) is 93.0 Å². The van der Waals surface area contributed by atoms with Gasteiger partial charge in [0.05, 0.1) is 5.41 Å². The molecule has 3 heterocycles. The Labute approximate surface area is 202 Å². The first kappa shape index (κ1) is 23.6. The van der Waals surface area contributed by atoms with E-state index in [0.717, 1.165) is 0 Å². The van der Waals surface area contributed by atoms with E-state index in [4.69, 9.17) is 9.47 Å². The molecule has 4 aliphatic carbocycles. The van der Waals surface area contributed by atoms with Crippen molar-refractivity contribution in [2.75, 3.05) is 0 Å². The molecular formula is C25H33NO9. The number of aromatic nitrogens is 1. The molecule has 0 radical (unpaired) electrons. The number of nitrogens with one attached hydrogen (secondary N) is 1. The third-order valence-corrected chi connectivity index (χ3v) is 11.0. The molecule has 6 aliphatic rings. The molecule has 192 valence electrons. The minimum Gasteiger partial charge on any atom is -0.451 e. The highest BCUT2D eigenvalue weighted by atomic mass is 16.7. The second-order valence-corrected chi connectivity index (χ2v) is 12.0. The van der Waals surface area contributed by atoms with E-state index in [0.29, 0.717) is 0 Å². The summed E-state index contributed by atoms with van der Waals surface area (Å²) in [6.07, 6.45) is -2.19. The second-order valence-electron chi connectivity index (χ2n) is 12.0. The Morgan fingerprint density at radius 3 is 2.46 bits per heavy atom. The smallest absolute Gasteiger partial charge is 0.355 e. The van der Waals surface area contributed by atoms with Crippen LogP contribution in [0.1, 0.15) is 57.4 Å². The van der Waals surface area contributed by atoms with Crippen molar-refractivity contribution >= 4 is 5.97 Å². The largest absolute Gasteiger partial charge is 0.451 e. The second kappa shape index (κ2) is 5.85. The first-order valence-corrected chi connectivity index (χ1v) is 12.0. The molecule has 4 saturated carbocycles. The van der Waals surface area contributed by atoms with Gasteiger partial charge < -0.3 is 45.1 Å². The van der Waals surface area contributed by atoms with Crippen LogP contribution >= 0.6 is 0 Å². The first-order valence-electron chi connectivity index (χ1n) is 12.0. The van der Waals surface area contributed by atoms with Crippen LogP contribution in [0, 0.1) is 16.7 Å². The number of H-pyrrole nitrogens is 1. The molecule has 2 aliphatic heterocycles. The van der Waals surface area contributed by atoms with Gasteiger partial charge in [0.1, 0.15) is 34.2 Å². The van der Waals surface area contributed by atoms with Crippen LogP contribution in [0.5, 0.6) is 0 Å². The Hall–Kier alpha value is -1.79. The van der Waals surface area contributed by atoms with Crippen LogP contribution in [0.3, 0.4) is 0 Å². The van der Waals surface area contributed by atoms with Gasteiger partial charge in [0.25, 0.3) is 0 Å². The van der Waals surface area contributed by atoms with Gasteiger partial charge in [-0.2, -0.15) is 0 Å². The van der Waals surface area contributed by atoms with E-state index >= 15 is 0 Å². The SMILES string of the molecule is C=C1CC[C@]2(O)[C@]3(C)CC4(O)O[C@@]2([C@@H]1O)[C@]1(O)[C@@]3(O)[C@H](OC(=O)c2ccc[nH]2)[C@](O)(C(C)C)[C@@]41C. The number of aliphatic hydroxyl groups excluding tert-OH is 1. The lowest BCUT2D eigenvalue weighted by Gasteiger charge is -2.60. The molecule has 35 heavy (non-hydrogen) atoms. The minimum atomic E-state index is -2.65. The average Bonchev–Trinajstić information content (AvgIpc) is 3.41. The fourth-order valence-corrected chi connectivity index (χ4v) is 9.29. The van der Waals surface area contributed by atoms with Gasteiger partial charge in [0.2, 0.25) is 0 Å². The Balaban J connectivity index is 1.70. The van der Waals surface area contributed by atoms with Gasteiger partial charge in [-0.25, -0.2) is 4.79 Å². The lowest BCUT2D eigenvalue weighted by molar-refractivity contribution is -0.383. The zero-order chi connectivity index (χ0) is 25.8. The molecule has 6 fully saturated rings. The molecule has 0 amide bonds. The number of aromatic amines is 1. The van der Waals surface area contributed by atoms with Crippen molar-refractivity contribution < 1.29 is 44.9 Å². The zero-order valence-electron chi connectivity index (χ0n) is 20.2. The molecule has 1 unspecified atom stereocenters. The molecular weight excluding hydrogens is 458 g/mol. The van der Waals surface area contributed by atoms with E-state index in [1.54, 1.807) is 19.9 Å². The van der Waals surface area contributed by atoms with E-state index in [1.807, 2.05) is 0 Å².